The van der Waals surface area contributed by atoms with Crippen LogP contribution in [0.5, 0.6) is 0 Å². The minimum atomic E-state index is -3.63. The zero-order valence-electron chi connectivity index (χ0n) is 10.5. The molecule has 1 atom stereocenters. The van der Waals surface area contributed by atoms with Gasteiger partial charge in [0.2, 0.25) is 0 Å². The van der Waals surface area contributed by atoms with Crippen LogP contribution >= 0.6 is 11.3 Å². The second-order valence-electron chi connectivity index (χ2n) is 3.89. The topological polar surface area (TPSA) is 87.6 Å². The van der Waals surface area contributed by atoms with Crippen molar-refractivity contribution in [2.24, 2.45) is 5.92 Å². The Bertz CT molecular complexity index is 524. The predicted molar refractivity (Wildman–Crippen MR) is 68.1 cm³/mol. The van der Waals surface area contributed by atoms with Crippen molar-refractivity contribution < 1.29 is 18.3 Å². The molecule has 0 bridgehead atoms. The van der Waals surface area contributed by atoms with Crippen molar-refractivity contribution in [3.05, 3.63) is 11.2 Å². The maximum Gasteiger partial charge on any atom is 0.307 e. The van der Waals surface area contributed by atoms with Crippen LogP contribution in [0, 0.1) is 12.8 Å². The average Bonchev–Trinajstić information content (AvgIpc) is 2.72. The van der Waals surface area contributed by atoms with Gasteiger partial charge in [-0.05, 0) is 6.92 Å². The van der Waals surface area contributed by atoms with Gasteiger partial charge in [0.25, 0.3) is 10.0 Å². The number of hydrogen-bond acceptors (Lipinski definition) is 5. The molecule has 0 aliphatic rings. The first-order valence-corrected chi connectivity index (χ1v) is 7.70. The molecule has 0 aliphatic heterocycles. The zero-order chi connectivity index (χ0) is 13.9. The number of sulfonamides is 1. The van der Waals surface area contributed by atoms with Gasteiger partial charge < -0.3 is 5.11 Å². The normalized spacial score (nSPS) is 13.8. The minimum absolute atomic E-state index is 0.0366. The van der Waals surface area contributed by atoms with Crippen LogP contribution in [0.3, 0.4) is 0 Å². The summed E-state index contributed by atoms with van der Waals surface area (Å²) >= 11 is 1.09. The Morgan fingerprint density at radius 3 is 2.61 bits per heavy atom. The van der Waals surface area contributed by atoms with Crippen molar-refractivity contribution in [3.63, 3.8) is 0 Å². The third-order valence-electron chi connectivity index (χ3n) is 2.45. The Labute approximate surface area is 110 Å². The number of carbonyl (C=O) groups is 1. The summed E-state index contributed by atoms with van der Waals surface area (Å²) in [5.74, 6) is -1.75. The fourth-order valence-corrected chi connectivity index (χ4v) is 4.17. The van der Waals surface area contributed by atoms with Gasteiger partial charge in [0.1, 0.15) is 0 Å². The molecule has 1 unspecified atom stereocenters. The van der Waals surface area contributed by atoms with E-state index in [2.05, 4.69) is 4.98 Å². The van der Waals surface area contributed by atoms with Crippen LogP contribution in [0.15, 0.2) is 10.4 Å². The van der Waals surface area contributed by atoms with Gasteiger partial charge in [0.15, 0.2) is 4.21 Å². The summed E-state index contributed by atoms with van der Waals surface area (Å²) < 4.78 is 25.8. The van der Waals surface area contributed by atoms with E-state index >= 15 is 0 Å². The number of hydrogen-bond donors (Lipinski definition) is 1. The quantitative estimate of drug-likeness (QED) is 0.850. The summed E-state index contributed by atoms with van der Waals surface area (Å²) in [7, 11) is -3.63. The fourth-order valence-electron chi connectivity index (χ4n) is 1.37. The lowest BCUT2D eigenvalue weighted by Crippen LogP contribution is -2.36. The smallest absolute Gasteiger partial charge is 0.307 e. The van der Waals surface area contributed by atoms with Gasteiger partial charge in [-0.2, -0.15) is 4.31 Å². The fraction of sp³-hybridized carbons (Fsp3) is 0.600. The van der Waals surface area contributed by atoms with Gasteiger partial charge in [-0.25, -0.2) is 13.4 Å². The molecule has 0 aromatic carbocycles. The van der Waals surface area contributed by atoms with Gasteiger partial charge in [-0.1, -0.05) is 13.8 Å². The molecule has 0 radical (unpaired) electrons. The minimum Gasteiger partial charge on any atom is -0.481 e. The first-order chi connectivity index (χ1) is 8.28. The Kier molecular flexibility index (Phi) is 4.83. The van der Waals surface area contributed by atoms with E-state index < -0.39 is 21.9 Å². The number of aryl methyl sites for hydroxylation is 1. The van der Waals surface area contributed by atoms with E-state index in [-0.39, 0.29) is 17.3 Å². The molecule has 0 saturated heterocycles. The number of rotatable bonds is 6. The van der Waals surface area contributed by atoms with E-state index in [9.17, 15) is 13.2 Å². The Morgan fingerprint density at radius 1 is 1.61 bits per heavy atom. The Hall–Kier alpha value is -0.990. The molecule has 18 heavy (non-hydrogen) atoms. The second kappa shape index (κ2) is 5.77. The van der Waals surface area contributed by atoms with Crippen LogP contribution in [0.25, 0.3) is 0 Å². The molecule has 6 nitrogen and oxygen atoms in total. The highest BCUT2D eigenvalue weighted by atomic mass is 32.2. The number of nitrogens with zero attached hydrogens (tertiary/aromatic N) is 2. The number of aliphatic carboxylic acids is 1. The number of carboxylic acid groups (broad SMARTS) is 1. The van der Waals surface area contributed by atoms with E-state index in [4.69, 9.17) is 5.11 Å². The van der Waals surface area contributed by atoms with Crippen molar-refractivity contribution in [1.82, 2.24) is 9.29 Å². The molecule has 0 saturated carbocycles. The van der Waals surface area contributed by atoms with Crippen LogP contribution in [0.4, 0.5) is 0 Å². The van der Waals surface area contributed by atoms with E-state index in [0.29, 0.717) is 5.01 Å². The largest absolute Gasteiger partial charge is 0.481 e. The SMILES string of the molecule is CCN(CC(C)C(=O)O)S(=O)(=O)c1cnc(C)s1. The van der Waals surface area contributed by atoms with Crippen molar-refractivity contribution in [3.8, 4) is 0 Å². The average molecular weight is 292 g/mol. The van der Waals surface area contributed by atoms with Gasteiger partial charge in [0, 0.05) is 13.1 Å². The van der Waals surface area contributed by atoms with Crippen molar-refractivity contribution in [2.45, 2.75) is 25.0 Å². The summed E-state index contributed by atoms with van der Waals surface area (Å²) in [4.78, 5) is 14.7. The molecule has 1 N–H and O–H groups in total. The van der Waals surface area contributed by atoms with Crippen molar-refractivity contribution in [1.29, 1.82) is 0 Å². The van der Waals surface area contributed by atoms with E-state index in [0.717, 1.165) is 11.3 Å². The van der Waals surface area contributed by atoms with Gasteiger partial charge in [0.05, 0.1) is 17.1 Å². The first kappa shape index (κ1) is 15.1. The summed E-state index contributed by atoms with van der Waals surface area (Å²) in [5, 5.41) is 9.50. The molecule has 0 aliphatic carbocycles. The number of thiazole rings is 1. The molecule has 102 valence electrons. The van der Waals surface area contributed by atoms with Crippen LogP contribution in [-0.2, 0) is 14.8 Å². The molecule has 8 heteroatoms. The summed E-state index contributed by atoms with van der Waals surface area (Å²) in [6.07, 6.45) is 1.31. The highest BCUT2D eigenvalue weighted by molar-refractivity contribution is 7.91. The van der Waals surface area contributed by atoms with Crippen LogP contribution in [0.2, 0.25) is 0 Å². The van der Waals surface area contributed by atoms with Crippen molar-refractivity contribution >= 4 is 27.3 Å². The number of carboxylic acids is 1. The molecule has 1 heterocycles. The highest BCUT2D eigenvalue weighted by Crippen LogP contribution is 2.22. The number of aromatic nitrogens is 1. The molecule has 0 spiro atoms. The van der Waals surface area contributed by atoms with Crippen LogP contribution in [-0.4, -0.2) is 41.9 Å². The highest BCUT2D eigenvalue weighted by Gasteiger charge is 2.28. The lowest BCUT2D eigenvalue weighted by atomic mass is 10.2. The van der Waals surface area contributed by atoms with Gasteiger partial charge in [-0.15, -0.1) is 11.3 Å². The lowest BCUT2D eigenvalue weighted by Gasteiger charge is -2.21. The molecule has 1 aromatic heterocycles. The van der Waals surface area contributed by atoms with E-state index in [1.54, 1.807) is 13.8 Å². The molecule has 0 fully saturated rings. The third kappa shape index (κ3) is 3.27. The molecular formula is C10H16N2O4S2. The maximum atomic E-state index is 12.2. The van der Waals surface area contributed by atoms with Crippen LogP contribution in [0.1, 0.15) is 18.9 Å². The summed E-state index contributed by atoms with van der Waals surface area (Å²) in [5.41, 5.74) is 0. The molecule has 1 aromatic rings. The van der Waals surface area contributed by atoms with Gasteiger partial charge in [-0.3, -0.25) is 4.79 Å². The predicted octanol–water partition coefficient (Wildman–Crippen LogP) is 1.18. The monoisotopic (exact) mass is 292 g/mol. The van der Waals surface area contributed by atoms with Crippen LogP contribution < -0.4 is 0 Å². The Balaban J connectivity index is 2.97. The summed E-state index contributed by atoms with van der Waals surface area (Å²) in [6, 6.07) is 0. The summed E-state index contributed by atoms with van der Waals surface area (Å²) in [6.45, 7) is 5.08. The zero-order valence-corrected chi connectivity index (χ0v) is 12.1. The molecule has 0 amide bonds. The lowest BCUT2D eigenvalue weighted by molar-refractivity contribution is -0.141. The molecule has 1 rings (SSSR count). The van der Waals surface area contributed by atoms with Gasteiger partial charge >= 0.3 is 5.97 Å². The Morgan fingerprint density at radius 2 is 2.22 bits per heavy atom. The third-order valence-corrected chi connectivity index (χ3v) is 5.74. The maximum absolute atomic E-state index is 12.2. The molecular weight excluding hydrogens is 276 g/mol. The second-order valence-corrected chi connectivity index (χ2v) is 7.29. The first-order valence-electron chi connectivity index (χ1n) is 5.44. The van der Waals surface area contributed by atoms with E-state index in [1.807, 2.05) is 0 Å². The van der Waals surface area contributed by atoms with Crippen molar-refractivity contribution in [2.75, 3.05) is 13.1 Å². The van der Waals surface area contributed by atoms with E-state index in [1.165, 1.54) is 17.4 Å². The standard InChI is InChI=1S/C10H16N2O4S2/c1-4-12(6-7(2)10(13)14)18(15,16)9-5-11-8(3)17-9/h5,7H,4,6H2,1-3H3,(H,13,14).